The molecule has 1 aliphatic rings. The Morgan fingerprint density at radius 1 is 0.900 bits per heavy atom. The molecule has 0 spiro atoms. The zero-order valence-electron chi connectivity index (χ0n) is 11.5. The third-order valence-corrected chi connectivity index (χ3v) is 3.73. The van der Waals surface area contributed by atoms with Crippen LogP contribution < -0.4 is 4.90 Å². The molecule has 3 heteroatoms. The number of hydrogen-bond acceptors (Lipinski definition) is 3. The minimum atomic E-state index is 0.0308. The molecular formula is C17H18N2O. The maximum Gasteiger partial charge on any atom is 0.194 e. The molecule has 3 nitrogen and oxygen atoms in total. The van der Waals surface area contributed by atoms with Crippen molar-refractivity contribution in [1.29, 1.82) is 0 Å². The van der Waals surface area contributed by atoms with Gasteiger partial charge in [-0.1, -0.05) is 30.3 Å². The molecule has 2 heterocycles. The second kappa shape index (κ2) is 5.87. The summed E-state index contributed by atoms with van der Waals surface area (Å²) < 4.78 is 0. The zero-order valence-corrected chi connectivity index (χ0v) is 11.5. The number of hydrogen-bond donors (Lipinski definition) is 0. The van der Waals surface area contributed by atoms with Crippen LogP contribution in [0.2, 0.25) is 0 Å². The molecule has 0 atom stereocenters. The van der Waals surface area contributed by atoms with Crippen LogP contribution in [0, 0.1) is 0 Å². The fourth-order valence-electron chi connectivity index (χ4n) is 2.59. The molecule has 0 aliphatic carbocycles. The van der Waals surface area contributed by atoms with Crippen LogP contribution in [0.25, 0.3) is 0 Å². The van der Waals surface area contributed by atoms with Crippen molar-refractivity contribution in [3.8, 4) is 0 Å². The Bertz CT molecular complexity index is 572. The molecular weight excluding hydrogens is 248 g/mol. The van der Waals surface area contributed by atoms with E-state index < -0.39 is 0 Å². The molecule has 1 aliphatic heterocycles. The van der Waals surface area contributed by atoms with Gasteiger partial charge in [0.2, 0.25) is 0 Å². The second-order valence-corrected chi connectivity index (χ2v) is 5.15. The zero-order chi connectivity index (χ0) is 13.8. The van der Waals surface area contributed by atoms with Crippen LogP contribution in [0.1, 0.15) is 35.2 Å². The molecule has 0 N–H and O–H groups in total. The lowest BCUT2D eigenvalue weighted by Gasteiger charge is -2.27. The van der Waals surface area contributed by atoms with Gasteiger partial charge in [-0.15, -0.1) is 0 Å². The Hall–Kier alpha value is -2.16. The van der Waals surface area contributed by atoms with Crippen molar-refractivity contribution < 1.29 is 4.79 Å². The first-order valence-electron chi connectivity index (χ1n) is 7.15. The predicted octanol–water partition coefficient (Wildman–Crippen LogP) is 3.30. The summed E-state index contributed by atoms with van der Waals surface area (Å²) in [5, 5.41) is 0. The first kappa shape index (κ1) is 12.9. The number of pyridine rings is 1. The summed E-state index contributed by atoms with van der Waals surface area (Å²) in [6, 6.07) is 13.2. The molecule has 0 amide bonds. The number of carbonyl (C=O) groups is 1. The molecule has 0 radical (unpaired) electrons. The molecule has 2 aromatic rings. The maximum atomic E-state index is 12.3. The quantitative estimate of drug-likeness (QED) is 0.799. The van der Waals surface area contributed by atoms with E-state index in [1.807, 2.05) is 42.5 Å². The normalized spacial score (nSPS) is 15.1. The number of aromatic nitrogens is 1. The van der Waals surface area contributed by atoms with Crippen molar-refractivity contribution in [3.63, 3.8) is 0 Å². The number of anilines is 1. The Morgan fingerprint density at radius 3 is 2.30 bits per heavy atom. The van der Waals surface area contributed by atoms with Gasteiger partial charge in [-0.2, -0.15) is 0 Å². The number of carbonyl (C=O) groups excluding carboxylic acids is 1. The predicted molar refractivity (Wildman–Crippen MR) is 80.2 cm³/mol. The molecule has 0 unspecified atom stereocenters. The van der Waals surface area contributed by atoms with Crippen LogP contribution in [0.5, 0.6) is 0 Å². The van der Waals surface area contributed by atoms with E-state index in [-0.39, 0.29) is 5.78 Å². The number of benzene rings is 1. The minimum Gasteiger partial charge on any atom is -0.357 e. The lowest BCUT2D eigenvalue weighted by Crippen LogP contribution is -2.30. The van der Waals surface area contributed by atoms with E-state index in [0.29, 0.717) is 11.1 Å². The molecule has 20 heavy (non-hydrogen) atoms. The van der Waals surface area contributed by atoms with Gasteiger partial charge in [-0.3, -0.25) is 4.79 Å². The summed E-state index contributed by atoms with van der Waals surface area (Å²) in [5.41, 5.74) is 1.36. The Labute approximate surface area is 119 Å². The highest BCUT2D eigenvalue weighted by Crippen LogP contribution is 2.18. The van der Waals surface area contributed by atoms with E-state index in [9.17, 15) is 4.79 Å². The van der Waals surface area contributed by atoms with Gasteiger partial charge in [0.1, 0.15) is 5.82 Å². The van der Waals surface area contributed by atoms with Gasteiger partial charge in [0.05, 0.1) is 0 Å². The van der Waals surface area contributed by atoms with Gasteiger partial charge in [-0.05, 0) is 31.4 Å². The highest BCUT2D eigenvalue weighted by Gasteiger charge is 2.13. The molecule has 0 saturated carbocycles. The van der Waals surface area contributed by atoms with Gasteiger partial charge >= 0.3 is 0 Å². The third-order valence-electron chi connectivity index (χ3n) is 3.73. The molecule has 1 saturated heterocycles. The monoisotopic (exact) mass is 266 g/mol. The summed E-state index contributed by atoms with van der Waals surface area (Å²) in [7, 11) is 0. The molecule has 3 rings (SSSR count). The number of piperidine rings is 1. The smallest absolute Gasteiger partial charge is 0.194 e. The van der Waals surface area contributed by atoms with E-state index in [4.69, 9.17) is 0 Å². The van der Waals surface area contributed by atoms with Gasteiger partial charge in [0, 0.05) is 30.4 Å². The van der Waals surface area contributed by atoms with E-state index in [0.717, 1.165) is 18.9 Å². The highest BCUT2D eigenvalue weighted by molar-refractivity contribution is 6.08. The Balaban J connectivity index is 1.77. The van der Waals surface area contributed by atoms with E-state index in [2.05, 4.69) is 9.88 Å². The fourth-order valence-corrected chi connectivity index (χ4v) is 2.59. The summed E-state index contributed by atoms with van der Waals surface area (Å²) in [6.07, 6.45) is 5.46. The average Bonchev–Trinajstić information content (AvgIpc) is 2.56. The van der Waals surface area contributed by atoms with Crippen LogP contribution in [-0.4, -0.2) is 23.9 Å². The standard InChI is InChI=1S/C17H18N2O/c20-17(14-7-3-1-4-8-14)15-9-10-16(18-13-15)19-11-5-2-6-12-19/h1,3-4,7-10,13H,2,5-6,11-12H2. The molecule has 0 bridgehead atoms. The first-order valence-corrected chi connectivity index (χ1v) is 7.15. The van der Waals surface area contributed by atoms with Crippen LogP contribution in [-0.2, 0) is 0 Å². The molecule has 1 fully saturated rings. The van der Waals surface area contributed by atoms with Crippen LogP contribution in [0.15, 0.2) is 48.7 Å². The van der Waals surface area contributed by atoms with E-state index in [1.165, 1.54) is 19.3 Å². The largest absolute Gasteiger partial charge is 0.357 e. The average molecular weight is 266 g/mol. The summed E-state index contributed by atoms with van der Waals surface area (Å²) in [5.74, 6) is 1.01. The summed E-state index contributed by atoms with van der Waals surface area (Å²) >= 11 is 0. The van der Waals surface area contributed by atoms with Crippen molar-refractivity contribution >= 4 is 11.6 Å². The highest BCUT2D eigenvalue weighted by atomic mass is 16.1. The second-order valence-electron chi connectivity index (χ2n) is 5.15. The fraction of sp³-hybridized carbons (Fsp3) is 0.294. The molecule has 1 aromatic heterocycles. The Morgan fingerprint density at radius 2 is 1.65 bits per heavy atom. The van der Waals surface area contributed by atoms with Gasteiger partial charge in [0.25, 0.3) is 0 Å². The first-order chi connectivity index (χ1) is 9.84. The SMILES string of the molecule is O=C(c1ccccc1)c1ccc(N2CCCCC2)nc1. The molecule has 1 aromatic carbocycles. The number of rotatable bonds is 3. The third kappa shape index (κ3) is 2.72. The number of ketones is 1. The topological polar surface area (TPSA) is 33.2 Å². The van der Waals surface area contributed by atoms with Gasteiger partial charge in [0.15, 0.2) is 5.78 Å². The van der Waals surface area contributed by atoms with Crippen molar-refractivity contribution in [1.82, 2.24) is 4.98 Å². The van der Waals surface area contributed by atoms with Crippen molar-refractivity contribution in [2.24, 2.45) is 0 Å². The summed E-state index contributed by atoms with van der Waals surface area (Å²) in [6.45, 7) is 2.14. The van der Waals surface area contributed by atoms with Crippen LogP contribution in [0.3, 0.4) is 0 Å². The summed E-state index contributed by atoms with van der Waals surface area (Å²) in [4.78, 5) is 19.0. The Kier molecular flexibility index (Phi) is 3.77. The van der Waals surface area contributed by atoms with Crippen LogP contribution in [0.4, 0.5) is 5.82 Å². The van der Waals surface area contributed by atoms with Crippen molar-refractivity contribution in [2.45, 2.75) is 19.3 Å². The van der Waals surface area contributed by atoms with Gasteiger partial charge < -0.3 is 4.90 Å². The lowest BCUT2D eigenvalue weighted by atomic mass is 10.1. The van der Waals surface area contributed by atoms with Crippen molar-refractivity contribution in [2.75, 3.05) is 18.0 Å². The van der Waals surface area contributed by atoms with Crippen LogP contribution >= 0.6 is 0 Å². The van der Waals surface area contributed by atoms with E-state index in [1.54, 1.807) is 6.20 Å². The maximum absolute atomic E-state index is 12.3. The minimum absolute atomic E-state index is 0.0308. The van der Waals surface area contributed by atoms with Gasteiger partial charge in [-0.25, -0.2) is 4.98 Å². The molecule has 102 valence electrons. The lowest BCUT2D eigenvalue weighted by molar-refractivity contribution is 0.103. The van der Waals surface area contributed by atoms with E-state index >= 15 is 0 Å². The number of nitrogens with zero attached hydrogens (tertiary/aromatic N) is 2. The van der Waals surface area contributed by atoms with Crippen molar-refractivity contribution in [3.05, 3.63) is 59.8 Å².